The molecule has 0 aromatic carbocycles. The van der Waals surface area contributed by atoms with Crippen molar-refractivity contribution in [3.63, 3.8) is 0 Å². The molecule has 2 aliphatic rings. The average Bonchev–Trinajstić information content (AvgIpc) is 2.68. The Balaban J connectivity index is 1.63. The van der Waals surface area contributed by atoms with Gasteiger partial charge in [0.1, 0.15) is 0 Å². The van der Waals surface area contributed by atoms with E-state index in [-0.39, 0.29) is 0 Å². The van der Waals surface area contributed by atoms with Crippen LogP contribution in [0.25, 0.3) is 0 Å². The van der Waals surface area contributed by atoms with E-state index in [1.165, 1.54) is 45.2 Å². The molecule has 0 radical (unpaired) electrons. The molecule has 1 heterocycles. The molecule has 1 saturated carbocycles. The van der Waals surface area contributed by atoms with Crippen molar-refractivity contribution in [2.24, 2.45) is 5.92 Å². The summed E-state index contributed by atoms with van der Waals surface area (Å²) in [5, 5.41) is 3.42. The van der Waals surface area contributed by atoms with Crippen LogP contribution in [0.4, 0.5) is 0 Å². The summed E-state index contributed by atoms with van der Waals surface area (Å²) >= 11 is 0. The minimum absolute atomic E-state index is 0.915. The first kappa shape index (κ1) is 12.0. The van der Waals surface area contributed by atoms with E-state index in [1.54, 1.807) is 0 Å². The molecule has 2 rings (SSSR count). The fourth-order valence-corrected chi connectivity index (χ4v) is 2.66. The van der Waals surface area contributed by atoms with Crippen molar-refractivity contribution in [3.8, 4) is 11.8 Å². The van der Waals surface area contributed by atoms with Crippen molar-refractivity contribution >= 4 is 0 Å². The normalized spacial score (nSPS) is 23.8. The van der Waals surface area contributed by atoms with Gasteiger partial charge in [-0.3, -0.25) is 4.90 Å². The lowest BCUT2D eigenvalue weighted by atomic mass is 10.1. The molecule has 1 saturated heterocycles. The second kappa shape index (κ2) is 6.93. The van der Waals surface area contributed by atoms with E-state index in [4.69, 9.17) is 0 Å². The van der Waals surface area contributed by atoms with Gasteiger partial charge in [0.05, 0.1) is 6.54 Å². The van der Waals surface area contributed by atoms with Gasteiger partial charge >= 0.3 is 0 Å². The number of nitrogens with zero attached hydrogens (tertiary/aromatic N) is 1. The highest BCUT2D eigenvalue weighted by Gasteiger charge is 2.13. The zero-order chi connectivity index (χ0) is 11.1. The largest absolute Gasteiger partial charge is 0.315 e. The maximum Gasteiger partial charge on any atom is 0.0602 e. The van der Waals surface area contributed by atoms with E-state index in [0.717, 1.165) is 32.0 Å². The predicted molar refractivity (Wildman–Crippen MR) is 68.3 cm³/mol. The van der Waals surface area contributed by atoms with Crippen LogP contribution in [-0.2, 0) is 0 Å². The third kappa shape index (κ3) is 4.15. The zero-order valence-corrected chi connectivity index (χ0v) is 10.3. The Labute approximate surface area is 99.8 Å². The number of hydrogen-bond acceptors (Lipinski definition) is 2. The number of hydrogen-bond donors (Lipinski definition) is 1. The van der Waals surface area contributed by atoms with Gasteiger partial charge in [0.2, 0.25) is 0 Å². The monoisotopic (exact) mass is 220 g/mol. The SMILES string of the molecule is C(#CCN1CCCNCC1)CC1CCCC1. The first-order valence-electron chi connectivity index (χ1n) is 6.84. The Hall–Kier alpha value is -0.520. The Morgan fingerprint density at radius 3 is 2.75 bits per heavy atom. The molecule has 1 N–H and O–H groups in total. The van der Waals surface area contributed by atoms with E-state index >= 15 is 0 Å². The van der Waals surface area contributed by atoms with Crippen LogP contribution < -0.4 is 5.32 Å². The molecule has 0 atom stereocenters. The molecule has 0 bridgehead atoms. The van der Waals surface area contributed by atoms with Crippen LogP contribution in [0.2, 0.25) is 0 Å². The van der Waals surface area contributed by atoms with Gasteiger partial charge in [-0.2, -0.15) is 0 Å². The Bertz CT molecular complexity index is 237. The molecule has 0 aromatic rings. The topological polar surface area (TPSA) is 15.3 Å². The van der Waals surface area contributed by atoms with Crippen LogP contribution in [-0.4, -0.2) is 37.6 Å². The third-order valence-electron chi connectivity index (χ3n) is 3.73. The van der Waals surface area contributed by atoms with E-state index in [1.807, 2.05) is 0 Å². The van der Waals surface area contributed by atoms with E-state index < -0.39 is 0 Å². The van der Waals surface area contributed by atoms with E-state index in [0.29, 0.717) is 0 Å². The highest BCUT2D eigenvalue weighted by atomic mass is 15.1. The Morgan fingerprint density at radius 2 is 1.88 bits per heavy atom. The fraction of sp³-hybridized carbons (Fsp3) is 0.857. The standard InChI is InChI=1S/C14H24N2/c1-2-7-14(6-1)8-3-4-11-16-12-5-9-15-10-13-16/h14-15H,1-2,5-13H2. The van der Waals surface area contributed by atoms with E-state index in [2.05, 4.69) is 22.1 Å². The summed E-state index contributed by atoms with van der Waals surface area (Å²) in [6, 6.07) is 0. The van der Waals surface area contributed by atoms with Gasteiger partial charge in [-0.05, 0) is 31.7 Å². The molecular weight excluding hydrogens is 196 g/mol. The molecule has 2 nitrogen and oxygen atoms in total. The lowest BCUT2D eigenvalue weighted by Gasteiger charge is -2.15. The summed E-state index contributed by atoms with van der Waals surface area (Å²) in [5.74, 6) is 7.66. The van der Waals surface area contributed by atoms with Crippen molar-refractivity contribution < 1.29 is 0 Å². The molecule has 0 amide bonds. The zero-order valence-electron chi connectivity index (χ0n) is 10.3. The van der Waals surface area contributed by atoms with Crippen molar-refractivity contribution in [2.45, 2.75) is 38.5 Å². The van der Waals surface area contributed by atoms with Crippen molar-refractivity contribution in [2.75, 3.05) is 32.7 Å². The molecular formula is C14H24N2. The van der Waals surface area contributed by atoms with Crippen LogP contribution in [0.3, 0.4) is 0 Å². The summed E-state index contributed by atoms with van der Waals surface area (Å²) < 4.78 is 0. The van der Waals surface area contributed by atoms with Gasteiger partial charge in [0.15, 0.2) is 0 Å². The molecule has 90 valence electrons. The van der Waals surface area contributed by atoms with Crippen LogP contribution in [0.5, 0.6) is 0 Å². The van der Waals surface area contributed by atoms with Gasteiger partial charge in [0.25, 0.3) is 0 Å². The van der Waals surface area contributed by atoms with Gasteiger partial charge < -0.3 is 5.32 Å². The van der Waals surface area contributed by atoms with Crippen molar-refractivity contribution in [1.29, 1.82) is 0 Å². The average molecular weight is 220 g/mol. The quantitative estimate of drug-likeness (QED) is 0.715. The van der Waals surface area contributed by atoms with Gasteiger partial charge in [-0.15, -0.1) is 5.92 Å². The maximum absolute atomic E-state index is 3.42. The molecule has 0 unspecified atom stereocenters. The minimum Gasteiger partial charge on any atom is -0.315 e. The summed E-state index contributed by atoms with van der Waals surface area (Å²) in [6.07, 6.45) is 8.12. The van der Waals surface area contributed by atoms with Gasteiger partial charge in [-0.25, -0.2) is 0 Å². The second-order valence-electron chi connectivity index (χ2n) is 5.09. The summed E-state index contributed by atoms with van der Waals surface area (Å²) in [5.41, 5.74) is 0. The number of nitrogens with one attached hydrogen (secondary N) is 1. The van der Waals surface area contributed by atoms with Gasteiger partial charge in [-0.1, -0.05) is 18.8 Å². The third-order valence-corrected chi connectivity index (χ3v) is 3.73. The van der Waals surface area contributed by atoms with Crippen molar-refractivity contribution in [1.82, 2.24) is 10.2 Å². The van der Waals surface area contributed by atoms with Gasteiger partial charge in [0, 0.05) is 26.1 Å². The fourth-order valence-electron chi connectivity index (χ4n) is 2.66. The maximum atomic E-state index is 3.42. The van der Waals surface area contributed by atoms with Crippen LogP contribution in [0.1, 0.15) is 38.5 Å². The predicted octanol–water partition coefficient (Wildman–Crippen LogP) is 1.87. The van der Waals surface area contributed by atoms with Crippen molar-refractivity contribution in [3.05, 3.63) is 0 Å². The first-order valence-corrected chi connectivity index (χ1v) is 6.84. The summed E-state index contributed by atoms with van der Waals surface area (Å²) in [6.45, 7) is 5.66. The number of rotatable bonds is 2. The molecule has 1 aliphatic heterocycles. The van der Waals surface area contributed by atoms with E-state index in [9.17, 15) is 0 Å². The first-order chi connectivity index (χ1) is 7.95. The smallest absolute Gasteiger partial charge is 0.0602 e. The lowest BCUT2D eigenvalue weighted by Crippen LogP contribution is -2.28. The Morgan fingerprint density at radius 1 is 1.00 bits per heavy atom. The highest BCUT2D eigenvalue weighted by Crippen LogP contribution is 2.26. The minimum atomic E-state index is 0.915. The molecule has 0 spiro atoms. The Kier molecular flexibility index (Phi) is 5.18. The molecule has 0 aromatic heterocycles. The molecule has 16 heavy (non-hydrogen) atoms. The molecule has 2 fully saturated rings. The summed E-state index contributed by atoms with van der Waals surface area (Å²) in [7, 11) is 0. The second-order valence-corrected chi connectivity index (χ2v) is 5.09. The lowest BCUT2D eigenvalue weighted by molar-refractivity contribution is 0.329. The molecule has 2 heteroatoms. The van der Waals surface area contributed by atoms with Crippen LogP contribution in [0, 0.1) is 17.8 Å². The highest BCUT2D eigenvalue weighted by molar-refractivity contribution is 5.02. The van der Waals surface area contributed by atoms with Crippen LogP contribution in [0.15, 0.2) is 0 Å². The molecule has 1 aliphatic carbocycles. The van der Waals surface area contributed by atoms with Crippen LogP contribution >= 0.6 is 0 Å². The summed E-state index contributed by atoms with van der Waals surface area (Å²) in [4.78, 5) is 2.47.